The molecule has 1 heterocycles. The summed E-state index contributed by atoms with van der Waals surface area (Å²) in [4.78, 5) is 37.6. The van der Waals surface area contributed by atoms with Crippen molar-refractivity contribution in [2.24, 2.45) is 0 Å². The number of ether oxygens (including phenoxy) is 1. The number of hydrogen-bond donors (Lipinski definition) is 1. The number of halogens is 4. The third-order valence-electron chi connectivity index (χ3n) is 4.02. The molecule has 6 nitrogen and oxygen atoms in total. The first kappa shape index (κ1) is 20.4. The van der Waals surface area contributed by atoms with Crippen LogP contribution in [0.4, 0.5) is 23.7 Å². The molecular weight excluding hydrogens is 413 g/mol. The number of nitrogens with zero attached hydrogens (tertiary/aromatic N) is 1. The van der Waals surface area contributed by atoms with Crippen LogP contribution in [0.2, 0.25) is 5.02 Å². The molecule has 1 N–H and O–H groups in total. The molecule has 0 radical (unpaired) electrons. The molecule has 0 atom stereocenters. The van der Waals surface area contributed by atoms with Crippen molar-refractivity contribution in [1.82, 2.24) is 5.32 Å². The van der Waals surface area contributed by atoms with Gasteiger partial charge in [-0.15, -0.1) is 0 Å². The number of carbonyl (C=O) groups excluding carboxylic acids is 3. The fourth-order valence-electron chi connectivity index (χ4n) is 2.63. The molecule has 0 unspecified atom stereocenters. The lowest BCUT2D eigenvalue weighted by Gasteiger charge is -2.27. The molecule has 10 heteroatoms. The zero-order valence-electron chi connectivity index (χ0n) is 14.7. The number of anilines is 1. The summed E-state index contributed by atoms with van der Waals surface area (Å²) in [7, 11) is 1.43. The first-order valence-electron chi connectivity index (χ1n) is 8.04. The summed E-state index contributed by atoms with van der Waals surface area (Å²) in [6.07, 6.45) is -3.52. The number of hydrogen-bond acceptors (Lipinski definition) is 4. The fraction of sp³-hybridized carbons (Fsp3) is 0.105. The molecule has 29 heavy (non-hydrogen) atoms. The number of nitrogens with one attached hydrogen (secondary N) is 1. The van der Waals surface area contributed by atoms with E-state index in [2.05, 4.69) is 0 Å². The van der Waals surface area contributed by atoms with Gasteiger partial charge in [0.05, 0.1) is 23.4 Å². The largest absolute Gasteiger partial charge is 0.497 e. The Morgan fingerprint density at radius 2 is 1.83 bits per heavy atom. The van der Waals surface area contributed by atoms with Gasteiger partial charge in [0, 0.05) is 0 Å². The summed E-state index contributed by atoms with van der Waals surface area (Å²) < 4.78 is 44.2. The van der Waals surface area contributed by atoms with Gasteiger partial charge in [0.1, 0.15) is 11.3 Å². The lowest BCUT2D eigenvalue weighted by Crippen LogP contribution is -2.54. The molecule has 4 amide bonds. The van der Waals surface area contributed by atoms with Gasteiger partial charge in [-0.2, -0.15) is 13.2 Å². The first-order valence-corrected chi connectivity index (χ1v) is 8.42. The van der Waals surface area contributed by atoms with E-state index in [1.54, 1.807) is 18.2 Å². The Kier molecular flexibility index (Phi) is 5.34. The van der Waals surface area contributed by atoms with Crippen LogP contribution in [0.5, 0.6) is 5.75 Å². The van der Waals surface area contributed by atoms with Gasteiger partial charge < -0.3 is 4.74 Å². The lowest BCUT2D eigenvalue weighted by atomic mass is 10.1. The standard InChI is InChI=1S/C19H12ClF3N2O4/c1-29-12-4-2-3-10(7-12)8-13-16(26)24-18(28)25(17(13)27)15-9-11(19(21,22)23)5-6-14(15)20/h2-9H,1H3,(H,24,26,28)/b13-8+. The lowest BCUT2D eigenvalue weighted by molar-refractivity contribution is -0.137. The average Bonchev–Trinajstić information content (AvgIpc) is 2.65. The van der Waals surface area contributed by atoms with Gasteiger partial charge in [-0.25, -0.2) is 9.69 Å². The molecule has 0 aromatic heterocycles. The van der Waals surface area contributed by atoms with Crippen LogP contribution in [0.15, 0.2) is 48.0 Å². The van der Waals surface area contributed by atoms with Crippen molar-refractivity contribution in [3.8, 4) is 5.75 Å². The van der Waals surface area contributed by atoms with E-state index < -0.39 is 40.8 Å². The Morgan fingerprint density at radius 3 is 2.48 bits per heavy atom. The zero-order chi connectivity index (χ0) is 21.3. The van der Waals surface area contributed by atoms with Crippen LogP contribution in [-0.4, -0.2) is 25.0 Å². The summed E-state index contributed by atoms with van der Waals surface area (Å²) in [5.74, 6) is -1.64. The van der Waals surface area contributed by atoms with Crippen molar-refractivity contribution in [3.05, 3.63) is 64.2 Å². The minimum Gasteiger partial charge on any atom is -0.497 e. The third kappa shape index (κ3) is 4.09. The Bertz CT molecular complexity index is 1050. The normalized spacial score (nSPS) is 16.2. The third-order valence-corrected chi connectivity index (χ3v) is 4.34. The molecule has 1 saturated heterocycles. The molecule has 1 aliphatic rings. The summed E-state index contributed by atoms with van der Waals surface area (Å²) in [5.41, 5.74) is -1.64. The minimum absolute atomic E-state index is 0.267. The Hall–Kier alpha value is -3.33. The Labute approximate surface area is 167 Å². The molecule has 0 bridgehead atoms. The number of alkyl halides is 3. The quantitative estimate of drug-likeness (QED) is 0.596. The van der Waals surface area contributed by atoms with Crippen LogP contribution in [-0.2, 0) is 15.8 Å². The van der Waals surface area contributed by atoms with E-state index >= 15 is 0 Å². The molecule has 2 aromatic carbocycles. The van der Waals surface area contributed by atoms with Crippen molar-refractivity contribution in [1.29, 1.82) is 0 Å². The van der Waals surface area contributed by atoms with Crippen LogP contribution >= 0.6 is 11.6 Å². The number of imide groups is 2. The van der Waals surface area contributed by atoms with Gasteiger partial charge in [-0.05, 0) is 42.0 Å². The maximum Gasteiger partial charge on any atom is 0.416 e. The van der Waals surface area contributed by atoms with E-state index in [0.717, 1.165) is 12.1 Å². The molecule has 2 aromatic rings. The van der Waals surface area contributed by atoms with Crippen molar-refractivity contribution >= 4 is 41.2 Å². The number of urea groups is 1. The molecular formula is C19H12ClF3N2O4. The van der Waals surface area contributed by atoms with E-state index in [1.165, 1.54) is 19.3 Å². The van der Waals surface area contributed by atoms with Crippen molar-refractivity contribution < 1.29 is 32.3 Å². The number of rotatable bonds is 3. The minimum atomic E-state index is -4.72. The van der Waals surface area contributed by atoms with Gasteiger partial charge in [0.2, 0.25) is 0 Å². The molecule has 1 aliphatic heterocycles. The average molecular weight is 425 g/mol. The summed E-state index contributed by atoms with van der Waals surface area (Å²) in [6, 6.07) is 7.37. The van der Waals surface area contributed by atoms with Crippen LogP contribution in [0.1, 0.15) is 11.1 Å². The second-order valence-electron chi connectivity index (χ2n) is 5.90. The zero-order valence-corrected chi connectivity index (χ0v) is 15.5. The smallest absolute Gasteiger partial charge is 0.416 e. The predicted molar refractivity (Wildman–Crippen MR) is 98.4 cm³/mol. The van der Waals surface area contributed by atoms with Gasteiger partial charge >= 0.3 is 12.2 Å². The van der Waals surface area contributed by atoms with Gasteiger partial charge in [0.25, 0.3) is 11.8 Å². The molecule has 0 aliphatic carbocycles. The summed E-state index contributed by atoms with van der Waals surface area (Å²) in [6.45, 7) is 0. The molecule has 0 spiro atoms. The van der Waals surface area contributed by atoms with Gasteiger partial charge in [-0.3, -0.25) is 14.9 Å². The number of barbiturate groups is 1. The predicted octanol–water partition coefficient (Wildman–Crippen LogP) is 4.03. The number of benzene rings is 2. The van der Waals surface area contributed by atoms with Gasteiger partial charge in [-0.1, -0.05) is 23.7 Å². The molecule has 150 valence electrons. The Morgan fingerprint density at radius 1 is 1.10 bits per heavy atom. The molecule has 3 rings (SSSR count). The second-order valence-corrected chi connectivity index (χ2v) is 6.31. The van der Waals surface area contributed by atoms with E-state index in [-0.39, 0.29) is 5.02 Å². The number of methoxy groups -OCH3 is 1. The van der Waals surface area contributed by atoms with Crippen LogP contribution in [0.3, 0.4) is 0 Å². The summed E-state index contributed by atoms with van der Waals surface area (Å²) >= 11 is 5.93. The SMILES string of the molecule is COc1cccc(/C=C2\C(=O)NC(=O)N(c3cc(C(F)(F)F)ccc3Cl)C2=O)c1. The maximum atomic E-state index is 13.0. The topological polar surface area (TPSA) is 75.7 Å². The highest BCUT2D eigenvalue weighted by Gasteiger charge is 2.39. The van der Waals surface area contributed by atoms with E-state index in [0.29, 0.717) is 22.3 Å². The van der Waals surface area contributed by atoms with Gasteiger partial charge in [0.15, 0.2) is 0 Å². The number of amides is 4. The molecule has 1 fully saturated rings. The Balaban J connectivity index is 2.07. The summed E-state index contributed by atoms with van der Waals surface area (Å²) in [5, 5.41) is 1.66. The van der Waals surface area contributed by atoms with Crippen LogP contribution in [0, 0.1) is 0 Å². The first-order chi connectivity index (χ1) is 13.6. The maximum absolute atomic E-state index is 13.0. The van der Waals surface area contributed by atoms with E-state index in [9.17, 15) is 27.6 Å². The fourth-order valence-corrected chi connectivity index (χ4v) is 2.84. The van der Waals surface area contributed by atoms with Crippen molar-refractivity contribution in [3.63, 3.8) is 0 Å². The highest BCUT2D eigenvalue weighted by Crippen LogP contribution is 2.36. The highest BCUT2D eigenvalue weighted by molar-refractivity contribution is 6.42. The monoisotopic (exact) mass is 424 g/mol. The van der Waals surface area contributed by atoms with Crippen molar-refractivity contribution in [2.45, 2.75) is 6.18 Å². The van der Waals surface area contributed by atoms with Crippen LogP contribution in [0.25, 0.3) is 6.08 Å². The number of carbonyl (C=O) groups is 3. The second kappa shape index (κ2) is 7.59. The highest BCUT2D eigenvalue weighted by atomic mass is 35.5. The van der Waals surface area contributed by atoms with E-state index in [1.807, 2.05) is 5.32 Å². The van der Waals surface area contributed by atoms with Crippen LogP contribution < -0.4 is 15.0 Å². The van der Waals surface area contributed by atoms with E-state index in [4.69, 9.17) is 16.3 Å². The molecule has 0 saturated carbocycles. The van der Waals surface area contributed by atoms with Crippen molar-refractivity contribution in [2.75, 3.05) is 12.0 Å².